The normalized spacial score (nSPS) is 9.39. The van der Waals surface area contributed by atoms with Crippen molar-refractivity contribution in [3.8, 4) is 0 Å². The molecular formula is C9H10N4O5. The zero-order valence-electron chi connectivity index (χ0n) is 9.02. The minimum atomic E-state index is -0.567. The van der Waals surface area contributed by atoms with Crippen molar-refractivity contribution in [2.75, 3.05) is 0 Å². The summed E-state index contributed by atoms with van der Waals surface area (Å²) in [6.45, 7) is -0.369. The largest absolute Gasteiger partial charge is 0.391 e. The number of hydrogen-bond donors (Lipinski definition) is 5. The lowest BCUT2D eigenvalue weighted by molar-refractivity contribution is 0.279. The maximum Gasteiger partial charge on any atom is 0.325 e. The minimum absolute atomic E-state index is 0.152. The predicted molar refractivity (Wildman–Crippen MR) is 61.3 cm³/mol. The van der Waals surface area contributed by atoms with Crippen molar-refractivity contribution >= 4 is 0 Å². The minimum Gasteiger partial charge on any atom is -0.391 e. The molecule has 18 heavy (non-hydrogen) atoms. The summed E-state index contributed by atoms with van der Waals surface area (Å²) in [5.74, 6) is 0. The van der Waals surface area contributed by atoms with E-state index in [1.54, 1.807) is 0 Å². The van der Waals surface area contributed by atoms with Crippen LogP contribution in [0.25, 0.3) is 0 Å². The Morgan fingerprint density at radius 1 is 1.00 bits per heavy atom. The van der Waals surface area contributed by atoms with Gasteiger partial charge in [0.1, 0.15) is 0 Å². The molecule has 2 aromatic rings. The first kappa shape index (κ1) is 13.4. The van der Waals surface area contributed by atoms with Crippen LogP contribution in [0.4, 0.5) is 0 Å². The number of nitrogens with one attached hydrogen (secondary N) is 4. The van der Waals surface area contributed by atoms with Crippen molar-refractivity contribution in [3.05, 3.63) is 65.7 Å². The molecule has 9 nitrogen and oxygen atoms in total. The Morgan fingerprint density at radius 3 is 2.11 bits per heavy atom. The van der Waals surface area contributed by atoms with Crippen molar-refractivity contribution in [1.29, 1.82) is 0 Å². The van der Waals surface area contributed by atoms with Crippen LogP contribution in [0.3, 0.4) is 0 Å². The summed E-state index contributed by atoms with van der Waals surface area (Å²) in [7, 11) is 0. The van der Waals surface area contributed by atoms with Gasteiger partial charge in [-0.25, -0.2) is 9.59 Å². The van der Waals surface area contributed by atoms with Gasteiger partial charge in [-0.05, 0) is 0 Å². The van der Waals surface area contributed by atoms with E-state index in [4.69, 9.17) is 5.11 Å². The van der Waals surface area contributed by atoms with Gasteiger partial charge in [0.2, 0.25) is 0 Å². The van der Waals surface area contributed by atoms with Gasteiger partial charge in [0, 0.05) is 18.5 Å². The Morgan fingerprint density at radius 2 is 1.67 bits per heavy atom. The summed E-state index contributed by atoms with van der Waals surface area (Å²) in [6.07, 6.45) is 2.47. The highest BCUT2D eigenvalue weighted by Crippen LogP contribution is 1.79. The smallest absolute Gasteiger partial charge is 0.325 e. The molecule has 0 aliphatic rings. The van der Waals surface area contributed by atoms with Crippen molar-refractivity contribution in [2.24, 2.45) is 0 Å². The molecule has 2 aromatic heterocycles. The van der Waals surface area contributed by atoms with E-state index in [9.17, 15) is 19.2 Å². The molecule has 0 radical (unpaired) electrons. The van der Waals surface area contributed by atoms with Crippen LogP contribution in [0.15, 0.2) is 37.6 Å². The van der Waals surface area contributed by atoms with Crippen LogP contribution in [-0.2, 0) is 6.61 Å². The molecule has 0 aliphatic carbocycles. The molecule has 0 fully saturated rings. The van der Waals surface area contributed by atoms with E-state index in [1.165, 1.54) is 18.5 Å². The predicted octanol–water partition coefficient (Wildman–Crippen LogP) is -2.38. The fraction of sp³-hybridized carbons (Fsp3) is 0.111. The lowest BCUT2D eigenvalue weighted by Gasteiger charge is -1.89. The fourth-order valence-electron chi connectivity index (χ4n) is 0.938. The Balaban J connectivity index is 0.000000184. The van der Waals surface area contributed by atoms with Crippen molar-refractivity contribution in [1.82, 2.24) is 19.9 Å². The number of aliphatic hydroxyl groups is 1. The lowest BCUT2D eigenvalue weighted by atomic mass is 10.4. The molecule has 9 heteroatoms. The van der Waals surface area contributed by atoms with E-state index in [-0.39, 0.29) is 17.7 Å². The third-order valence-corrected chi connectivity index (χ3v) is 1.75. The number of H-pyrrole nitrogens is 4. The second-order valence-electron chi connectivity index (χ2n) is 3.05. The first-order chi connectivity index (χ1) is 8.52. The van der Waals surface area contributed by atoms with Gasteiger partial charge in [-0.3, -0.25) is 19.6 Å². The summed E-state index contributed by atoms with van der Waals surface area (Å²) in [6, 6.07) is 1.24. The van der Waals surface area contributed by atoms with Gasteiger partial charge in [-0.15, -0.1) is 0 Å². The number of rotatable bonds is 1. The zero-order chi connectivity index (χ0) is 13.5. The molecule has 0 saturated carbocycles. The van der Waals surface area contributed by atoms with E-state index >= 15 is 0 Å². The second-order valence-corrected chi connectivity index (χ2v) is 3.05. The number of aromatic nitrogens is 4. The maximum atomic E-state index is 10.6. The number of aliphatic hydroxyl groups excluding tert-OH is 1. The zero-order valence-corrected chi connectivity index (χ0v) is 9.02. The van der Waals surface area contributed by atoms with Gasteiger partial charge >= 0.3 is 11.4 Å². The van der Waals surface area contributed by atoms with Crippen LogP contribution in [0.1, 0.15) is 5.56 Å². The monoisotopic (exact) mass is 254 g/mol. The molecule has 2 heterocycles. The average Bonchev–Trinajstić information content (AvgIpc) is 2.29. The maximum absolute atomic E-state index is 10.6. The highest BCUT2D eigenvalue weighted by atomic mass is 16.3. The van der Waals surface area contributed by atoms with Gasteiger partial charge in [0.25, 0.3) is 11.1 Å². The Kier molecular flexibility index (Phi) is 4.58. The number of aromatic amines is 4. The molecule has 0 unspecified atom stereocenters. The van der Waals surface area contributed by atoms with Gasteiger partial charge in [-0.2, -0.15) is 0 Å². The quantitative estimate of drug-likeness (QED) is 0.384. The van der Waals surface area contributed by atoms with Gasteiger partial charge in [0.05, 0.1) is 12.2 Å². The van der Waals surface area contributed by atoms with Crippen LogP contribution in [0, 0.1) is 0 Å². The van der Waals surface area contributed by atoms with Gasteiger partial charge in [0.15, 0.2) is 0 Å². The van der Waals surface area contributed by atoms with Crippen molar-refractivity contribution in [2.45, 2.75) is 6.61 Å². The molecule has 96 valence electrons. The average molecular weight is 254 g/mol. The highest BCUT2D eigenvalue weighted by molar-refractivity contribution is 5.00. The van der Waals surface area contributed by atoms with Gasteiger partial charge in [-0.1, -0.05) is 0 Å². The second kappa shape index (κ2) is 6.15. The van der Waals surface area contributed by atoms with E-state index in [0.717, 1.165) is 0 Å². The summed E-state index contributed by atoms with van der Waals surface area (Å²) >= 11 is 0. The Hall–Kier alpha value is -2.68. The molecule has 0 saturated heterocycles. The molecule has 0 spiro atoms. The Bertz CT molecular complexity index is 697. The van der Waals surface area contributed by atoms with Crippen LogP contribution in [0.2, 0.25) is 0 Å². The summed E-state index contributed by atoms with van der Waals surface area (Å²) in [4.78, 5) is 49.8. The standard InChI is InChI=1S/C5H6N2O3.C4H4N2O2/c8-2-3-1-6-5(10)7-4(3)9;7-3-1-2-5-4(8)6-3/h1,8H,2H2,(H2,6,7,9,10);1-2H,(H2,5,6,7,8). The molecule has 2 rings (SSSR count). The molecule has 0 amide bonds. The van der Waals surface area contributed by atoms with Gasteiger partial charge < -0.3 is 15.1 Å². The molecule has 0 atom stereocenters. The molecule has 0 aromatic carbocycles. The topological polar surface area (TPSA) is 152 Å². The molecule has 0 bridgehead atoms. The van der Waals surface area contributed by atoms with Crippen LogP contribution in [-0.4, -0.2) is 25.0 Å². The fourth-order valence-corrected chi connectivity index (χ4v) is 0.938. The number of hydrogen-bond acceptors (Lipinski definition) is 5. The summed E-state index contributed by atoms with van der Waals surface area (Å²) in [5.41, 5.74) is -1.82. The van der Waals surface area contributed by atoms with Crippen molar-refractivity contribution in [3.63, 3.8) is 0 Å². The van der Waals surface area contributed by atoms with E-state index in [1.807, 2.05) is 9.97 Å². The molecule has 0 aliphatic heterocycles. The summed E-state index contributed by atoms with van der Waals surface area (Å²) < 4.78 is 0. The lowest BCUT2D eigenvalue weighted by Crippen LogP contribution is -2.24. The molecule has 5 N–H and O–H groups in total. The van der Waals surface area contributed by atoms with Crippen LogP contribution < -0.4 is 22.5 Å². The van der Waals surface area contributed by atoms with E-state index in [0.29, 0.717) is 0 Å². The van der Waals surface area contributed by atoms with Crippen molar-refractivity contribution < 1.29 is 5.11 Å². The third kappa shape index (κ3) is 4.06. The molecular weight excluding hydrogens is 244 g/mol. The SMILES string of the molecule is O=c1[nH]cc(CO)c(=O)[nH]1.O=c1cc[nH]c(=O)[nH]1. The third-order valence-electron chi connectivity index (χ3n) is 1.75. The first-order valence-corrected chi connectivity index (χ1v) is 4.72. The van der Waals surface area contributed by atoms with Crippen LogP contribution in [0.5, 0.6) is 0 Å². The van der Waals surface area contributed by atoms with Crippen LogP contribution >= 0.6 is 0 Å². The highest BCUT2D eigenvalue weighted by Gasteiger charge is 1.95. The van der Waals surface area contributed by atoms with E-state index < -0.39 is 16.9 Å². The van der Waals surface area contributed by atoms with E-state index in [2.05, 4.69) is 9.97 Å². The summed E-state index contributed by atoms with van der Waals surface area (Å²) in [5, 5.41) is 8.47. The first-order valence-electron chi connectivity index (χ1n) is 4.72. The Labute approximate surface area is 98.2 Å².